The van der Waals surface area contributed by atoms with E-state index in [2.05, 4.69) is 15.9 Å². The van der Waals surface area contributed by atoms with Gasteiger partial charge in [0, 0.05) is 11.6 Å². The Balaban J connectivity index is 2.22. The monoisotopic (exact) mass is 376 g/mol. The normalized spacial score (nSPS) is 10.6. The molecule has 23 heavy (non-hydrogen) atoms. The highest BCUT2D eigenvalue weighted by molar-refractivity contribution is 9.10. The number of carbonyl (C=O) groups excluding carboxylic acids is 1. The van der Waals surface area contributed by atoms with Crippen LogP contribution in [-0.2, 0) is 0 Å². The van der Waals surface area contributed by atoms with Gasteiger partial charge in [-0.2, -0.15) is 0 Å². The first-order valence-corrected chi connectivity index (χ1v) is 7.65. The van der Waals surface area contributed by atoms with Crippen LogP contribution >= 0.6 is 15.9 Å². The molecule has 0 spiro atoms. The molecule has 0 aliphatic heterocycles. The van der Waals surface area contributed by atoms with Gasteiger partial charge in [-0.1, -0.05) is 6.08 Å². The third kappa shape index (κ3) is 4.36. The van der Waals surface area contributed by atoms with Gasteiger partial charge in [0.15, 0.2) is 5.78 Å². The molecule has 0 saturated heterocycles. The highest BCUT2D eigenvalue weighted by atomic mass is 79.9. The molecule has 120 valence electrons. The van der Waals surface area contributed by atoms with E-state index in [-0.39, 0.29) is 5.78 Å². The molecule has 2 aromatic rings. The Kier molecular flexibility index (Phi) is 5.82. The second-order valence-electron chi connectivity index (χ2n) is 4.69. The maximum Gasteiger partial charge on any atom is 0.185 e. The van der Waals surface area contributed by atoms with E-state index in [1.165, 1.54) is 6.08 Å². The highest BCUT2D eigenvalue weighted by Crippen LogP contribution is 2.26. The Morgan fingerprint density at radius 2 is 1.61 bits per heavy atom. The summed E-state index contributed by atoms with van der Waals surface area (Å²) in [6.45, 7) is 0. The van der Waals surface area contributed by atoms with Crippen LogP contribution in [0.25, 0.3) is 6.08 Å². The predicted molar refractivity (Wildman–Crippen MR) is 93.6 cm³/mol. The second kappa shape index (κ2) is 7.83. The Labute approximate surface area is 143 Å². The lowest BCUT2D eigenvalue weighted by molar-refractivity contribution is 0.104. The molecular formula is C18H17BrO4. The number of hydrogen-bond donors (Lipinski definition) is 0. The van der Waals surface area contributed by atoms with Crippen LogP contribution in [0.2, 0.25) is 0 Å². The quantitative estimate of drug-likeness (QED) is 0.554. The lowest BCUT2D eigenvalue weighted by atomic mass is 10.1. The van der Waals surface area contributed by atoms with E-state index in [9.17, 15) is 4.79 Å². The van der Waals surface area contributed by atoms with Crippen molar-refractivity contribution >= 4 is 27.8 Å². The van der Waals surface area contributed by atoms with Gasteiger partial charge in [0.2, 0.25) is 0 Å². The van der Waals surface area contributed by atoms with Crippen molar-refractivity contribution in [3.63, 3.8) is 0 Å². The first kappa shape index (κ1) is 17.1. The van der Waals surface area contributed by atoms with E-state index < -0.39 is 0 Å². The third-order valence-corrected chi connectivity index (χ3v) is 3.86. The molecule has 0 amide bonds. The Morgan fingerprint density at radius 3 is 2.13 bits per heavy atom. The van der Waals surface area contributed by atoms with Crippen LogP contribution in [0.3, 0.4) is 0 Å². The number of methoxy groups -OCH3 is 3. The molecule has 0 aliphatic rings. The summed E-state index contributed by atoms with van der Waals surface area (Å²) in [7, 11) is 4.75. The van der Waals surface area contributed by atoms with Crippen LogP contribution in [0.1, 0.15) is 15.9 Å². The van der Waals surface area contributed by atoms with Crippen LogP contribution in [-0.4, -0.2) is 27.1 Å². The van der Waals surface area contributed by atoms with Crippen molar-refractivity contribution in [1.82, 2.24) is 0 Å². The summed E-state index contributed by atoms with van der Waals surface area (Å²) >= 11 is 3.37. The van der Waals surface area contributed by atoms with Gasteiger partial charge in [0.25, 0.3) is 0 Å². The summed E-state index contributed by atoms with van der Waals surface area (Å²) in [5, 5.41) is 0. The number of allylic oxidation sites excluding steroid dienone is 1. The molecule has 0 N–H and O–H groups in total. The van der Waals surface area contributed by atoms with E-state index >= 15 is 0 Å². The molecule has 0 aliphatic carbocycles. The first-order chi connectivity index (χ1) is 11.1. The van der Waals surface area contributed by atoms with E-state index in [0.717, 1.165) is 10.0 Å². The van der Waals surface area contributed by atoms with Crippen molar-refractivity contribution < 1.29 is 19.0 Å². The van der Waals surface area contributed by atoms with Crippen LogP contribution in [0, 0.1) is 0 Å². The molecule has 0 aromatic heterocycles. The molecule has 0 radical (unpaired) electrons. The standard InChI is InChI=1S/C18H17BrO4/c1-21-14-8-12(9-15(11-14)22-2)4-6-17(20)13-5-7-18(23-3)16(19)10-13/h4-11H,1-3H3/b6-4+. The van der Waals surface area contributed by atoms with Crippen molar-refractivity contribution in [3.05, 3.63) is 58.1 Å². The minimum absolute atomic E-state index is 0.102. The Morgan fingerprint density at radius 1 is 0.957 bits per heavy atom. The Hall–Kier alpha value is -2.27. The van der Waals surface area contributed by atoms with Gasteiger partial charge in [-0.05, 0) is 57.9 Å². The fraction of sp³-hybridized carbons (Fsp3) is 0.167. The summed E-state index contributed by atoms with van der Waals surface area (Å²) in [4.78, 5) is 12.3. The summed E-state index contributed by atoms with van der Waals surface area (Å²) in [5.41, 5.74) is 1.39. The molecule has 0 fully saturated rings. The van der Waals surface area contributed by atoms with Crippen molar-refractivity contribution in [2.75, 3.05) is 21.3 Å². The molecule has 0 saturated carbocycles. The summed E-state index contributed by atoms with van der Waals surface area (Å²) in [6.07, 6.45) is 3.24. The van der Waals surface area contributed by atoms with Crippen molar-refractivity contribution in [2.45, 2.75) is 0 Å². The number of ether oxygens (including phenoxy) is 3. The number of hydrogen-bond acceptors (Lipinski definition) is 4. The fourth-order valence-electron chi connectivity index (χ4n) is 2.01. The summed E-state index contributed by atoms with van der Waals surface area (Å²) in [5.74, 6) is 1.92. The van der Waals surface area contributed by atoms with Gasteiger partial charge >= 0.3 is 0 Å². The second-order valence-corrected chi connectivity index (χ2v) is 5.55. The summed E-state index contributed by atoms with van der Waals surface area (Å²) in [6, 6.07) is 10.6. The Bertz CT molecular complexity index is 716. The predicted octanol–water partition coefficient (Wildman–Crippen LogP) is 4.37. The lowest BCUT2D eigenvalue weighted by Gasteiger charge is -2.06. The summed E-state index contributed by atoms with van der Waals surface area (Å²) < 4.78 is 16.3. The number of halogens is 1. The molecule has 0 bridgehead atoms. The zero-order chi connectivity index (χ0) is 16.8. The fourth-order valence-corrected chi connectivity index (χ4v) is 2.55. The SMILES string of the molecule is COc1cc(/C=C/C(=O)c2ccc(OC)c(Br)c2)cc(OC)c1. The zero-order valence-electron chi connectivity index (χ0n) is 13.1. The average Bonchev–Trinajstić information content (AvgIpc) is 2.59. The third-order valence-electron chi connectivity index (χ3n) is 3.24. The topological polar surface area (TPSA) is 44.8 Å². The van der Waals surface area contributed by atoms with Crippen LogP contribution in [0.4, 0.5) is 0 Å². The number of rotatable bonds is 6. The molecular weight excluding hydrogens is 360 g/mol. The van der Waals surface area contributed by atoms with Crippen molar-refractivity contribution in [3.8, 4) is 17.2 Å². The van der Waals surface area contributed by atoms with Crippen LogP contribution in [0.15, 0.2) is 46.9 Å². The lowest BCUT2D eigenvalue weighted by Crippen LogP contribution is -1.95. The van der Waals surface area contributed by atoms with Crippen molar-refractivity contribution in [1.29, 1.82) is 0 Å². The largest absolute Gasteiger partial charge is 0.497 e. The van der Waals surface area contributed by atoms with E-state index in [0.29, 0.717) is 22.8 Å². The molecule has 0 heterocycles. The minimum atomic E-state index is -0.102. The van der Waals surface area contributed by atoms with Crippen LogP contribution in [0.5, 0.6) is 17.2 Å². The molecule has 2 rings (SSSR count). The maximum atomic E-state index is 12.3. The van der Waals surface area contributed by atoms with E-state index in [1.807, 2.05) is 12.1 Å². The number of benzene rings is 2. The van der Waals surface area contributed by atoms with Crippen molar-refractivity contribution in [2.24, 2.45) is 0 Å². The molecule has 0 atom stereocenters. The maximum absolute atomic E-state index is 12.3. The van der Waals surface area contributed by atoms with E-state index in [1.54, 1.807) is 51.7 Å². The van der Waals surface area contributed by atoms with Gasteiger partial charge < -0.3 is 14.2 Å². The van der Waals surface area contributed by atoms with E-state index in [4.69, 9.17) is 14.2 Å². The van der Waals surface area contributed by atoms with Gasteiger partial charge in [0.1, 0.15) is 17.2 Å². The van der Waals surface area contributed by atoms with Gasteiger partial charge in [-0.25, -0.2) is 0 Å². The number of ketones is 1. The molecule has 2 aromatic carbocycles. The van der Waals surface area contributed by atoms with Gasteiger partial charge in [-0.15, -0.1) is 0 Å². The molecule has 0 unspecified atom stereocenters. The smallest absolute Gasteiger partial charge is 0.185 e. The molecule has 4 nitrogen and oxygen atoms in total. The molecule has 5 heteroatoms. The van der Waals surface area contributed by atoms with Gasteiger partial charge in [-0.3, -0.25) is 4.79 Å². The van der Waals surface area contributed by atoms with Gasteiger partial charge in [0.05, 0.1) is 25.8 Å². The first-order valence-electron chi connectivity index (χ1n) is 6.86. The van der Waals surface area contributed by atoms with Crippen LogP contribution < -0.4 is 14.2 Å². The highest BCUT2D eigenvalue weighted by Gasteiger charge is 2.07. The average molecular weight is 377 g/mol. The zero-order valence-corrected chi connectivity index (χ0v) is 14.7. The minimum Gasteiger partial charge on any atom is -0.497 e. The number of carbonyl (C=O) groups is 1.